The van der Waals surface area contributed by atoms with Gasteiger partial charge in [0.1, 0.15) is 0 Å². The van der Waals surface area contributed by atoms with Crippen LogP contribution in [0.25, 0.3) is 0 Å². The van der Waals surface area contributed by atoms with Gasteiger partial charge in [-0.3, -0.25) is 4.79 Å². The topological polar surface area (TPSA) is 49.3 Å². The summed E-state index contributed by atoms with van der Waals surface area (Å²) >= 11 is 5.86. The van der Waals surface area contributed by atoms with Crippen LogP contribution in [0.5, 0.6) is 0 Å². The minimum Gasteiger partial charge on any atom is -0.394 e. The molecule has 1 aromatic carbocycles. The van der Waals surface area contributed by atoms with Crippen LogP contribution in [0.4, 0.5) is 0 Å². The Bertz CT molecular complexity index is 422. The summed E-state index contributed by atoms with van der Waals surface area (Å²) in [5, 5.41) is 12.7. The fourth-order valence-corrected chi connectivity index (χ4v) is 2.27. The average molecular weight is 268 g/mol. The Morgan fingerprint density at radius 2 is 2.06 bits per heavy atom. The quantitative estimate of drug-likeness (QED) is 0.860. The molecule has 1 amide bonds. The Hall–Kier alpha value is -1.06. The van der Waals surface area contributed by atoms with Crippen LogP contribution in [0.2, 0.25) is 5.02 Å². The van der Waals surface area contributed by atoms with E-state index in [1.54, 1.807) is 0 Å². The van der Waals surface area contributed by atoms with Gasteiger partial charge in [-0.2, -0.15) is 0 Å². The summed E-state index contributed by atoms with van der Waals surface area (Å²) in [6.07, 6.45) is 2.46. The number of carbonyl (C=O) groups excluding carboxylic acids is 1. The van der Waals surface area contributed by atoms with E-state index in [4.69, 9.17) is 16.7 Å². The van der Waals surface area contributed by atoms with Crippen molar-refractivity contribution in [1.82, 2.24) is 5.32 Å². The number of hydrogen-bond donors (Lipinski definition) is 2. The number of hydrogen-bond acceptors (Lipinski definition) is 2. The molecule has 3 nitrogen and oxygen atoms in total. The molecule has 1 aromatic rings. The summed E-state index contributed by atoms with van der Waals surface area (Å²) in [6, 6.07) is 7.30. The van der Waals surface area contributed by atoms with E-state index in [2.05, 4.69) is 5.32 Å². The SMILES string of the molecule is CC[C@H](CO)NC(=O)C1(c2ccc(Cl)cc2)CC1. The van der Waals surface area contributed by atoms with Crippen LogP contribution in [0.15, 0.2) is 24.3 Å². The maximum atomic E-state index is 12.3. The molecule has 4 heteroatoms. The molecule has 0 saturated heterocycles. The molecule has 1 aliphatic carbocycles. The minimum atomic E-state index is -0.396. The first-order chi connectivity index (χ1) is 8.62. The van der Waals surface area contributed by atoms with Gasteiger partial charge in [0.05, 0.1) is 18.1 Å². The van der Waals surface area contributed by atoms with E-state index in [1.807, 2.05) is 31.2 Å². The zero-order valence-corrected chi connectivity index (χ0v) is 11.2. The summed E-state index contributed by atoms with van der Waals surface area (Å²) in [5.41, 5.74) is 0.616. The van der Waals surface area contributed by atoms with Crippen molar-refractivity contribution in [3.05, 3.63) is 34.9 Å². The molecule has 0 radical (unpaired) electrons. The number of aliphatic hydroxyl groups is 1. The Balaban J connectivity index is 2.11. The smallest absolute Gasteiger partial charge is 0.230 e. The monoisotopic (exact) mass is 267 g/mol. The van der Waals surface area contributed by atoms with Gasteiger partial charge < -0.3 is 10.4 Å². The van der Waals surface area contributed by atoms with Gasteiger partial charge >= 0.3 is 0 Å². The molecule has 0 aliphatic heterocycles. The van der Waals surface area contributed by atoms with Crippen molar-refractivity contribution in [2.75, 3.05) is 6.61 Å². The van der Waals surface area contributed by atoms with Crippen molar-refractivity contribution in [3.63, 3.8) is 0 Å². The van der Waals surface area contributed by atoms with E-state index >= 15 is 0 Å². The van der Waals surface area contributed by atoms with Crippen molar-refractivity contribution in [2.24, 2.45) is 0 Å². The molecule has 2 N–H and O–H groups in total. The highest BCUT2D eigenvalue weighted by Gasteiger charge is 2.51. The maximum Gasteiger partial charge on any atom is 0.230 e. The van der Waals surface area contributed by atoms with Crippen LogP contribution >= 0.6 is 11.6 Å². The maximum absolute atomic E-state index is 12.3. The highest BCUT2D eigenvalue weighted by atomic mass is 35.5. The summed E-state index contributed by atoms with van der Waals surface area (Å²) in [6.45, 7) is 1.93. The fourth-order valence-electron chi connectivity index (χ4n) is 2.14. The fraction of sp³-hybridized carbons (Fsp3) is 0.500. The molecule has 0 unspecified atom stereocenters. The highest BCUT2D eigenvalue weighted by Crippen LogP contribution is 2.48. The molecule has 1 saturated carbocycles. The van der Waals surface area contributed by atoms with E-state index in [0.717, 1.165) is 24.8 Å². The highest BCUT2D eigenvalue weighted by molar-refractivity contribution is 6.30. The molecule has 1 fully saturated rings. The first kappa shape index (κ1) is 13.4. The second-order valence-electron chi connectivity index (χ2n) is 4.85. The van der Waals surface area contributed by atoms with Gasteiger partial charge in [-0.05, 0) is 37.0 Å². The Morgan fingerprint density at radius 1 is 1.44 bits per heavy atom. The summed E-state index contributed by atoms with van der Waals surface area (Å²) in [4.78, 5) is 12.3. The van der Waals surface area contributed by atoms with Crippen LogP contribution in [0, 0.1) is 0 Å². The Labute approximate surface area is 112 Å². The minimum absolute atomic E-state index is 0.0149. The molecule has 0 bridgehead atoms. The van der Waals surface area contributed by atoms with E-state index in [0.29, 0.717) is 5.02 Å². The summed E-state index contributed by atoms with van der Waals surface area (Å²) in [5.74, 6) is 0.0192. The zero-order chi connectivity index (χ0) is 13.2. The van der Waals surface area contributed by atoms with Gasteiger partial charge in [0.15, 0.2) is 0 Å². The lowest BCUT2D eigenvalue weighted by Gasteiger charge is -2.20. The molecule has 1 aliphatic rings. The van der Waals surface area contributed by atoms with Crippen LogP contribution in [0.3, 0.4) is 0 Å². The molecule has 0 aromatic heterocycles. The van der Waals surface area contributed by atoms with Crippen LogP contribution in [-0.2, 0) is 10.2 Å². The van der Waals surface area contributed by atoms with E-state index in [9.17, 15) is 4.79 Å². The first-order valence-electron chi connectivity index (χ1n) is 6.30. The molecule has 0 heterocycles. The van der Waals surface area contributed by atoms with Gasteiger partial charge in [-0.15, -0.1) is 0 Å². The van der Waals surface area contributed by atoms with Crippen LogP contribution in [0.1, 0.15) is 31.7 Å². The van der Waals surface area contributed by atoms with Gasteiger partial charge in [-0.1, -0.05) is 30.7 Å². The third-order valence-electron chi connectivity index (χ3n) is 3.63. The van der Waals surface area contributed by atoms with Crippen molar-refractivity contribution in [2.45, 2.75) is 37.6 Å². The number of amides is 1. The van der Waals surface area contributed by atoms with E-state index in [1.165, 1.54) is 0 Å². The van der Waals surface area contributed by atoms with E-state index < -0.39 is 5.41 Å². The summed E-state index contributed by atoms with van der Waals surface area (Å²) in [7, 11) is 0. The van der Waals surface area contributed by atoms with Gasteiger partial charge in [-0.25, -0.2) is 0 Å². The van der Waals surface area contributed by atoms with Crippen LogP contribution < -0.4 is 5.32 Å². The summed E-state index contributed by atoms with van der Waals surface area (Å²) < 4.78 is 0. The van der Waals surface area contributed by atoms with Gasteiger partial charge in [0.2, 0.25) is 5.91 Å². The standard InChI is InChI=1S/C14H18ClNO2/c1-2-12(9-17)16-13(18)14(7-8-14)10-3-5-11(15)6-4-10/h3-6,12,17H,2,7-9H2,1H3,(H,16,18)/t12-/m1/s1. The average Bonchev–Trinajstić information content (AvgIpc) is 3.18. The lowest BCUT2D eigenvalue weighted by atomic mass is 9.94. The third-order valence-corrected chi connectivity index (χ3v) is 3.88. The zero-order valence-electron chi connectivity index (χ0n) is 10.4. The second-order valence-corrected chi connectivity index (χ2v) is 5.29. The largest absolute Gasteiger partial charge is 0.394 e. The normalized spacial score (nSPS) is 18.2. The van der Waals surface area contributed by atoms with Crippen LogP contribution in [-0.4, -0.2) is 23.7 Å². The van der Waals surface area contributed by atoms with Crippen molar-refractivity contribution in [3.8, 4) is 0 Å². The van der Waals surface area contributed by atoms with Crippen molar-refractivity contribution in [1.29, 1.82) is 0 Å². The van der Waals surface area contributed by atoms with Gasteiger partial charge in [0, 0.05) is 5.02 Å². The first-order valence-corrected chi connectivity index (χ1v) is 6.68. The number of benzene rings is 1. The number of aliphatic hydroxyl groups excluding tert-OH is 1. The van der Waals surface area contributed by atoms with E-state index in [-0.39, 0.29) is 18.6 Å². The van der Waals surface area contributed by atoms with Crippen molar-refractivity contribution < 1.29 is 9.90 Å². The Morgan fingerprint density at radius 3 is 2.50 bits per heavy atom. The number of rotatable bonds is 5. The molecule has 1 atom stereocenters. The Kier molecular flexibility index (Phi) is 3.93. The molecule has 0 spiro atoms. The van der Waals surface area contributed by atoms with Gasteiger partial charge in [0.25, 0.3) is 0 Å². The molecular weight excluding hydrogens is 250 g/mol. The third kappa shape index (κ3) is 2.52. The molecule has 18 heavy (non-hydrogen) atoms. The second kappa shape index (κ2) is 5.29. The number of carbonyl (C=O) groups is 1. The predicted molar refractivity (Wildman–Crippen MR) is 71.7 cm³/mol. The predicted octanol–water partition coefficient (Wildman–Crippen LogP) is 2.26. The van der Waals surface area contributed by atoms with Crippen molar-refractivity contribution >= 4 is 17.5 Å². The molecule has 98 valence electrons. The lowest BCUT2D eigenvalue weighted by molar-refractivity contribution is -0.124. The molecule has 2 rings (SSSR count). The number of nitrogens with one attached hydrogen (secondary N) is 1. The number of halogens is 1. The molecular formula is C14H18ClNO2. The lowest BCUT2D eigenvalue weighted by Crippen LogP contribution is -2.43.